The largest absolute Gasteiger partial charge is 0.497 e. The van der Waals surface area contributed by atoms with Crippen molar-refractivity contribution in [3.05, 3.63) is 65.7 Å². The summed E-state index contributed by atoms with van der Waals surface area (Å²) in [5, 5.41) is -0.415. The highest BCUT2D eigenvalue weighted by atomic mass is 32.2. The molecule has 0 radical (unpaired) electrons. The van der Waals surface area contributed by atoms with Crippen LogP contribution in [0.1, 0.15) is 16.6 Å². The Morgan fingerprint density at radius 1 is 0.929 bits per heavy atom. The zero-order chi connectivity index (χ0) is 20.6. The van der Waals surface area contributed by atoms with Crippen molar-refractivity contribution in [3.8, 4) is 5.75 Å². The minimum absolute atomic E-state index is 0.118. The molecule has 1 aliphatic heterocycles. The van der Waals surface area contributed by atoms with Gasteiger partial charge in [-0.05, 0) is 17.7 Å². The van der Waals surface area contributed by atoms with Crippen LogP contribution in [-0.2, 0) is 4.74 Å². The van der Waals surface area contributed by atoms with Gasteiger partial charge in [-0.3, -0.25) is 0 Å². The highest BCUT2D eigenvalue weighted by molar-refractivity contribution is 8.14. The van der Waals surface area contributed by atoms with E-state index in [9.17, 15) is 26.3 Å². The second-order valence-corrected chi connectivity index (χ2v) is 6.81. The Morgan fingerprint density at radius 3 is 2.00 bits per heavy atom. The Hall–Kier alpha value is -2.20. The molecular weight excluding hydrogens is 408 g/mol. The van der Waals surface area contributed by atoms with Gasteiger partial charge in [0.1, 0.15) is 16.2 Å². The minimum Gasteiger partial charge on any atom is -0.497 e. The SMILES string of the molecule is COc1ccc(C2OC(C(F)(F)F)(C(F)(F)F)N=C(c3ccccc3)S2)cc1. The van der Waals surface area contributed by atoms with Crippen molar-refractivity contribution in [2.24, 2.45) is 4.99 Å². The van der Waals surface area contributed by atoms with Crippen LogP contribution in [0.15, 0.2) is 59.6 Å². The van der Waals surface area contributed by atoms with E-state index >= 15 is 0 Å². The molecule has 1 aliphatic rings. The number of methoxy groups -OCH3 is 1. The molecule has 1 atom stereocenters. The number of thioether (sulfide) groups is 1. The lowest BCUT2D eigenvalue weighted by Crippen LogP contribution is -2.59. The Kier molecular flexibility index (Phi) is 5.37. The number of ether oxygens (including phenoxy) is 2. The standard InChI is InChI=1S/C18H13F6NO2S/c1-26-13-9-7-12(8-10-13)15-27-16(17(19,20)21,18(22,23)24)25-14(28-15)11-5-3-2-4-6-11/h2-10,15H,1H3. The third-order valence-electron chi connectivity index (χ3n) is 3.93. The van der Waals surface area contributed by atoms with Gasteiger partial charge in [-0.15, -0.1) is 0 Å². The van der Waals surface area contributed by atoms with Gasteiger partial charge in [-0.25, -0.2) is 4.99 Å². The summed E-state index contributed by atoms with van der Waals surface area (Å²) < 4.78 is 91.2. The summed E-state index contributed by atoms with van der Waals surface area (Å²) in [6.07, 6.45) is -11.6. The summed E-state index contributed by atoms with van der Waals surface area (Å²) in [5.41, 5.74) is -6.00. The molecule has 0 aromatic heterocycles. The van der Waals surface area contributed by atoms with Crippen LogP contribution in [0.2, 0.25) is 0 Å². The Balaban J connectivity index is 2.14. The predicted octanol–water partition coefficient (Wildman–Crippen LogP) is 5.72. The van der Waals surface area contributed by atoms with E-state index in [2.05, 4.69) is 9.73 Å². The Bertz CT molecular complexity index is 835. The van der Waals surface area contributed by atoms with Gasteiger partial charge in [0.25, 0.3) is 0 Å². The number of rotatable bonds is 3. The Labute approximate surface area is 160 Å². The predicted molar refractivity (Wildman–Crippen MR) is 92.2 cm³/mol. The summed E-state index contributed by atoms with van der Waals surface area (Å²) >= 11 is 0.673. The molecule has 0 spiro atoms. The van der Waals surface area contributed by atoms with Crippen LogP contribution in [-0.4, -0.2) is 30.2 Å². The molecule has 150 valence electrons. The van der Waals surface area contributed by atoms with E-state index in [0.717, 1.165) is 0 Å². The van der Waals surface area contributed by atoms with Crippen LogP contribution in [0.4, 0.5) is 26.3 Å². The molecule has 0 aliphatic carbocycles. The number of hydrogen-bond acceptors (Lipinski definition) is 4. The van der Waals surface area contributed by atoms with E-state index in [-0.39, 0.29) is 11.1 Å². The second kappa shape index (κ2) is 7.32. The molecule has 0 amide bonds. The van der Waals surface area contributed by atoms with E-state index in [0.29, 0.717) is 17.5 Å². The Morgan fingerprint density at radius 2 is 1.50 bits per heavy atom. The van der Waals surface area contributed by atoms with E-state index in [1.165, 1.54) is 55.6 Å². The second-order valence-electron chi connectivity index (χ2n) is 5.76. The third kappa shape index (κ3) is 3.70. The summed E-state index contributed by atoms with van der Waals surface area (Å²) in [6, 6.07) is 12.9. The van der Waals surface area contributed by atoms with Gasteiger partial charge in [0, 0.05) is 5.56 Å². The van der Waals surface area contributed by atoms with Crippen LogP contribution in [0.5, 0.6) is 5.75 Å². The van der Waals surface area contributed by atoms with E-state index in [4.69, 9.17) is 4.74 Å². The zero-order valence-corrected chi connectivity index (χ0v) is 15.0. The van der Waals surface area contributed by atoms with Crippen LogP contribution < -0.4 is 4.74 Å². The van der Waals surface area contributed by atoms with Crippen LogP contribution in [0.25, 0.3) is 0 Å². The third-order valence-corrected chi connectivity index (χ3v) is 5.07. The van der Waals surface area contributed by atoms with Gasteiger partial charge in [-0.2, -0.15) is 26.3 Å². The number of aliphatic imine (C=N–C) groups is 1. The molecule has 10 heteroatoms. The molecule has 28 heavy (non-hydrogen) atoms. The van der Waals surface area contributed by atoms with Gasteiger partial charge < -0.3 is 9.47 Å². The quantitative estimate of drug-likeness (QED) is 0.594. The van der Waals surface area contributed by atoms with Crippen molar-refractivity contribution in [1.82, 2.24) is 0 Å². The summed E-state index contributed by atoms with van der Waals surface area (Å²) in [7, 11) is 1.39. The lowest BCUT2D eigenvalue weighted by atomic mass is 10.1. The highest BCUT2D eigenvalue weighted by Gasteiger charge is 2.75. The average molecular weight is 421 g/mol. The lowest BCUT2D eigenvalue weighted by Gasteiger charge is -2.40. The number of alkyl halides is 6. The molecule has 1 heterocycles. The van der Waals surface area contributed by atoms with E-state index in [1.54, 1.807) is 6.07 Å². The number of hydrogen-bond donors (Lipinski definition) is 0. The van der Waals surface area contributed by atoms with Gasteiger partial charge >= 0.3 is 18.1 Å². The van der Waals surface area contributed by atoms with Crippen molar-refractivity contribution < 1.29 is 35.8 Å². The van der Waals surface area contributed by atoms with Crippen molar-refractivity contribution in [2.75, 3.05) is 7.11 Å². The molecule has 0 saturated heterocycles. The maximum Gasteiger partial charge on any atom is 0.448 e. The first kappa shape index (κ1) is 20.5. The van der Waals surface area contributed by atoms with Gasteiger partial charge in [-0.1, -0.05) is 54.2 Å². The molecule has 0 N–H and O–H groups in total. The fourth-order valence-electron chi connectivity index (χ4n) is 2.51. The smallest absolute Gasteiger partial charge is 0.448 e. The number of benzene rings is 2. The molecule has 3 nitrogen and oxygen atoms in total. The topological polar surface area (TPSA) is 30.8 Å². The first-order chi connectivity index (χ1) is 13.1. The van der Waals surface area contributed by atoms with Crippen LogP contribution in [0.3, 0.4) is 0 Å². The molecule has 2 aromatic carbocycles. The monoisotopic (exact) mass is 421 g/mol. The molecule has 1 unspecified atom stereocenters. The molecule has 2 aromatic rings. The normalized spacial score (nSPS) is 19.8. The van der Waals surface area contributed by atoms with Gasteiger partial charge in [0.15, 0.2) is 0 Å². The lowest BCUT2D eigenvalue weighted by molar-refractivity contribution is -0.382. The van der Waals surface area contributed by atoms with Gasteiger partial charge in [0.05, 0.1) is 7.11 Å². The molecule has 0 saturated carbocycles. The highest BCUT2D eigenvalue weighted by Crippen LogP contribution is 2.54. The van der Waals surface area contributed by atoms with E-state index < -0.39 is 28.6 Å². The zero-order valence-electron chi connectivity index (χ0n) is 14.2. The van der Waals surface area contributed by atoms with Crippen molar-refractivity contribution in [1.29, 1.82) is 0 Å². The van der Waals surface area contributed by atoms with Crippen molar-refractivity contribution in [3.63, 3.8) is 0 Å². The summed E-state index contributed by atoms with van der Waals surface area (Å²) in [4.78, 5) is 3.02. The van der Waals surface area contributed by atoms with E-state index in [1.807, 2.05) is 0 Å². The van der Waals surface area contributed by atoms with Crippen LogP contribution >= 0.6 is 11.8 Å². The molecule has 0 bridgehead atoms. The van der Waals surface area contributed by atoms with Gasteiger partial charge in [0.2, 0.25) is 0 Å². The first-order valence-corrected chi connectivity index (χ1v) is 8.72. The fourth-order valence-corrected chi connectivity index (χ4v) is 3.64. The maximum absolute atomic E-state index is 13.6. The number of halogens is 6. The van der Waals surface area contributed by atoms with Crippen molar-refractivity contribution in [2.45, 2.75) is 23.5 Å². The molecule has 0 fully saturated rings. The number of nitrogens with zero attached hydrogens (tertiary/aromatic N) is 1. The molecule has 3 rings (SSSR count). The summed E-state index contributed by atoms with van der Waals surface area (Å²) in [5.74, 6) is 0.402. The fraction of sp³-hybridized carbons (Fsp3) is 0.278. The summed E-state index contributed by atoms with van der Waals surface area (Å²) in [6.45, 7) is 0. The minimum atomic E-state index is -5.81. The average Bonchev–Trinajstić information content (AvgIpc) is 2.66. The maximum atomic E-state index is 13.6. The van der Waals surface area contributed by atoms with Crippen molar-refractivity contribution >= 4 is 16.8 Å². The van der Waals surface area contributed by atoms with Crippen LogP contribution in [0, 0.1) is 0 Å². The molecular formula is C18H13F6NO2S. The first-order valence-electron chi connectivity index (χ1n) is 7.84.